The minimum Gasteiger partial charge on any atom is -0.462 e. The highest BCUT2D eigenvalue weighted by molar-refractivity contribution is 6.03. The second-order valence-corrected chi connectivity index (χ2v) is 5.04. The molecule has 1 fully saturated rings. The molecule has 0 unspecified atom stereocenters. The number of carbonyl (C=O) groups is 1. The summed E-state index contributed by atoms with van der Waals surface area (Å²) in [5, 5.41) is 4.24. The van der Waals surface area contributed by atoms with Gasteiger partial charge in [-0.25, -0.2) is 4.79 Å². The Bertz CT molecular complexity index is 570. The summed E-state index contributed by atoms with van der Waals surface area (Å²) in [6.45, 7) is 2.57. The van der Waals surface area contributed by atoms with Crippen LogP contribution in [0.25, 0.3) is 10.9 Å². The molecule has 0 saturated carbocycles. The van der Waals surface area contributed by atoms with Crippen molar-refractivity contribution in [2.75, 3.05) is 19.7 Å². The lowest BCUT2D eigenvalue weighted by molar-refractivity contribution is 0.0418. The maximum atomic E-state index is 12.1. The molecule has 0 atom stereocenters. The van der Waals surface area contributed by atoms with E-state index in [1.807, 2.05) is 24.3 Å². The minimum absolute atomic E-state index is 0.226. The number of benzene rings is 1. The number of hydrogen-bond acceptors (Lipinski definition) is 3. The normalized spacial score (nSPS) is 16.6. The molecular weight excluding hydrogens is 240 g/mol. The van der Waals surface area contributed by atoms with Gasteiger partial charge in [0.2, 0.25) is 0 Å². The number of hydrogen-bond donors (Lipinski definition) is 2. The van der Waals surface area contributed by atoms with Crippen molar-refractivity contribution in [3.05, 3.63) is 36.0 Å². The molecule has 0 bridgehead atoms. The van der Waals surface area contributed by atoms with Crippen LogP contribution in [0.5, 0.6) is 0 Å². The zero-order valence-corrected chi connectivity index (χ0v) is 10.8. The van der Waals surface area contributed by atoms with Crippen molar-refractivity contribution < 1.29 is 9.53 Å². The predicted octanol–water partition coefficient (Wildman–Crippen LogP) is 2.32. The summed E-state index contributed by atoms with van der Waals surface area (Å²) < 4.78 is 5.45. The number of carbonyl (C=O) groups excluding carboxylic acids is 1. The Morgan fingerprint density at radius 2 is 2.05 bits per heavy atom. The second kappa shape index (κ2) is 5.45. The molecule has 4 heteroatoms. The van der Waals surface area contributed by atoms with Gasteiger partial charge in [0, 0.05) is 17.1 Å². The quantitative estimate of drug-likeness (QED) is 0.831. The Labute approximate surface area is 112 Å². The van der Waals surface area contributed by atoms with Crippen LogP contribution in [-0.4, -0.2) is 30.6 Å². The predicted molar refractivity (Wildman–Crippen MR) is 74.2 cm³/mol. The fourth-order valence-corrected chi connectivity index (χ4v) is 2.56. The van der Waals surface area contributed by atoms with Crippen molar-refractivity contribution in [2.24, 2.45) is 5.92 Å². The number of para-hydroxylation sites is 1. The average molecular weight is 258 g/mol. The molecule has 1 aromatic carbocycles. The van der Waals surface area contributed by atoms with E-state index in [9.17, 15) is 4.79 Å². The van der Waals surface area contributed by atoms with E-state index in [0.717, 1.165) is 36.8 Å². The van der Waals surface area contributed by atoms with Crippen LogP contribution in [0, 0.1) is 5.92 Å². The van der Waals surface area contributed by atoms with Crippen LogP contribution in [0.15, 0.2) is 30.5 Å². The third-order valence-corrected chi connectivity index (χ3v) is 3.72. The van der Waals surface area contributed by atoms with Crippen molar-refractivity contribution in [3.63, 3.8) is 0 Å². The Morgan fingerprint density at radius 1 is 1.26 bits per heavy atom. The van der Waals surface area contributed by atoms with Gasteiger partial charge in [0.05, 0.1) is 12.2 Å². The minimum atomic E-state index is -0.226. The number of nitrogens with one attached hydrogen (secondary N) is 2. The van der Waals surface area contributed by atoms with E-state index in [1.165, 1.54) is 0 Å². The lowest BCUT2D eigenvalue weighted by Gasteiger charge is -2.21. The SMILES string of the molecule is O=C(OCC1CCNCC1)c1c[nH]c2ccccc12. The third kappa shape index (κ3) is 2.63. The Hall–Kier alpha value is -1.81. The Kier molecular flexibility index (Phi) is 3.51. The molecule has 0 aliphatic carbocycles. The summed E-state index contributed by atoms with van der Waals surface area (Å²) in [6.07, 6.45) is 3.90. The lowest BCUT2D eigenvalue weighted by atomic mass is 9.99. The summed E-state index contributed by atoms with van der Waals surface area (Å²) in [5.74, 6) is 0.270. The summed E-state index contributed by atoms with van der Waals surface area (Å²) in [4.78, 5) is 15.2. The first-order valence-corrected chi connectivity index (χ1v) is 6.78. The van der Waals surface area contributed by atoms with Crippen LogP contribution in [0.1, 0.15) is 23.2 Å². The molecule has 3 rings (SSSR count). The second-order valence-electron chi connectivity index (χ2n) is 5.04. The number of aromatic nitrogens is 1. The number of aromatic amines is 1. The largest absolute Gasteiger partial charge is 0.462 e. The lowest BCUT2D eigenvalue weighted by Crippen LogP contribution is -2.30. The average Bonchev–Trinajstić information content (AvgIpc) is 2.90. The van der Waals surface area contributed by atoms with Crippen molar-refractivity contribution in [3.8, 4) is 0 Å². The van der Waals surface area contributed by atoms with Crippen molar-refractivity contribution in [1.82, 2.24) is 10.3 Å². The van der Waals surface area contributed by atoms with Crippen molar-refractivity contribution in [2.45, 2.75) is 12.8 Å². The summed E-state index contributed by atoms with van der Waals surface area (Å²) in [6, 6.07) is 7.77. The van der Waals surface area contributed by atoms with Gasteiger partial charge in [-0.15, -0.1) is 0 Å². The van der Waals surface area contributed by atoms with Crippen LogP contribution in [0.4, 0.5) is 0 Å². The number of H-pyrrole nitrogens is 1. The van der Waals surface area contributed by atoms with Crippen LogP contribution in [0.3, 0.4) is 0 Å². The summed E-state index contributed by atoms with van der Waals surface area (Å²) in [7, 11) is 0. The first kappa shape index (κ1) is 12.2. The van der Waals surface area contributed by atoms with Gasteiger partial charge in [0.25, 0.3) is 0 Å². The molecule has 1 aliphatic heterocycles. The molecule has 1 aromatic heterocycles. The highest BCUT2D eigenvalue weighted by Crippen LogP contribution is 2.19. The van der Waals surface area contributed by atoms with Crippen LogP contribution >= 0.6 is 0 Å². The van der Waals surface area contributed by atoms with Gasteiger partial charge in [-0.1, -0.05) is 18.2 Å². The molecule has 1 aliphatic rings. The zero-order valence-electron chi connectivity index (χ0n) is 10.8. The van der Waals surface area contributed by atoms with Gasteiger partial charge >= 0.3 is 5.97 Å². The van der Waals surface area contributed by atoms with Crippen LogP contribution in [-0.2, 0) is 4.74 Å². The molecule has 2 N–H and O–H groups in total. The number of esters is 1. The van der Waals surface area contributed by atoms with E-state index >= 15 is 0 Å². The summed E-state index contributed by atoms with van der Waals surface area (Å²) in [5.41, 5.74) is 1.60. The summed E-state index contributed by atoms with van der Waals surface area (Å²) >= 11 is 0. The number of ether oxygens (including phenoxy) is 1. The van der Waals surface area contributed by atoms with Crippen LogP contribution < -0.4 is 5.32 Å². The molecule has 0 amide bonds. The number of fused-ring (bicyclic) bond motifs is 1. The highest BCUT2D eigenvalue weighted by Gasteiger charge is 2.17. The van der Waals surface area contributed by atoms with E-state index in [2.05, 4.69) is 10.3 Å². The first-order chi connectivity index (χ1) is 9.34. The van der Waals surface area contributed by atoms with Crippen molar-refractivity contribution >= 4 is 16.9 Å². The van der Waals surface area contributed by atoms with Gasteiger partial charge in [0.1, 0.15) is 0 Å². The molecule has 0 spiro atoms. The fraction of sp³-hybridized carbons (Fsp3) is 0.400. The van der Waals surface area contributed by atoms with Gasteiger partial charge in [-0.3, -0.25) is 0 Å². The standard InChI is InChI=1S/C15H18N2O2/c18-15(19-10-11-5-7-16-8-6-11)13-9-17-14-4-2-1-3-12(13)14/h1-4,9,11,16-17H,5-8,10H2. The molecule has 2 aromatic rings. The van der Waals surface area contributed by atoms with Gasteiger partial charge < -0.3 is 15.0 Å². The van der Waals surface area contributed by atoms with E-state index in [0.29, 0.717) is 18.1 Å². The molecule has 100 valence electrons. The first-order valence-electron chi connectivity index (χ1n) is 6.78. The number of piperidine rings is 1. The molecule has 1 saturated heterocycles. The third-order valence-electron chi connectivity index (χ3n) is 3.72. The van der Waals surface area contributed by atoms with Gasteiger partial charge in [-0.2, -0.15) is 0 Å². The topological polar surface area (TPSA) is 54.1 Å². The Balaban J connectivity index is 1.66. The monoisotopic (exact) mass is 258 g/mol. The van der Waals surface area contributed by atoms with E-state index in [-0.39, 0.29) is 5.97 Å². The van der Waals surface area contributed by atoms with Gasteiger partial charge in [0.15, 0.2) is 0 Å². The number of rotatable bonds is 3. The van der Waals surface area contributed by atoms with Crippen LogP contribution in [0.2, 0.25) is 0 Å². The van der Waals surface area contributed by atoms with E-state index in [4.69, 9.17) is 4.74 Å². The molecular formula is C15H18N2O2. The van der Waals surface area contributed by atoms with E-state index < -0.39 is 0 Å². The molecule has 0 radical (unpaired) electrons. The smallest absolute Gasteiger partial charge is 0.340 e. The fourth-order valence-electron chi connectivity index (χ4n) is 2.56. The zero-order chi connectivity index (χ0) is 13.1. The highest BCUT2D eigenvalue weighted by atomic mass is 16.5. The van der Waals surface area contributed by atoms with Crippen molar-refractivity contribution in [1.29, 1.82) is 0 Å². The molecule has 2 heterocycles. The Morgan fingerprint density at radius 3 is 2.89 bits per heavy atom. The molecule has 4 nitrogen and oxygen atoms in total. The van der Waals surface area contributed by atoms with E-state index in [1.54, 1.807) is 6.20 Å². The van der Waals surface area contributed by atoms with Gasteiger partial charge in [-0.05, 0) is 37.9 Å². The maximum Gasteiger partial charge on any atom is 0.340 e. The molecule has 19 heavy (non-hydrogen) atoms. The maximum absolute atomic E-state index is 12.1.